The molecular weight excluding hydrogens is 1190 g/mol. The van der Waals surface area contributed by atoms with Crippen LogP contribution in [-0.2, 0) is 54.6 Å². The van der Waals surface area contributed by atoms with Crippen molar-refractivity contribution in [2.24, 2.45) is 5.92 Å². The van der Waals surface area contributed by atoms with E-state index in [9.17, 15) is 0 Å². The minimum atomic E-state index is -0.262. The summed E-state index contributed by atoms with van der Waals surface area (Å²) in [5.74, 6) is 2.58. The van der Waals surface area contributed by atoms with Crippen LogP contribution < -0.4 is 14.5 Å². The number of hydrogen-bond acceptors (Lipinski definition) is 4. The van der Waals surface area contributed by atoms with Crippen LogP contribution >= 0.6 is 0 Å². The van der Waals surface area contributed by atoms with E-state index in [-0.39, 0.29) is 48.1 Å². The topological polar surface area (TPSA) is 33.5 Å². The molecular formula is C77H79N4OPt-3. The summed E-state index contributed by atoms with van der Waals surface area (Å²) >= 11 is 0. The SMILES string of the molecule is CC(C)Cc1cc(-n2c3[c-]c(Oc4[c-]c(N5[CH-]N(c6c(-c7ccccc7)cc(C(C)(C)C)cc6-c6cc(C(C)(C)C)cc(C(C)(C)C)c6)c6ccccc65)ccc4)cc4c3c3c(cccc32)C4(C)C)ncc1-c1ccc(C(C)(C)C)cc1.[Pt]. The number of benzene rings is 8. The van der Waals surface area contributed by atoms with Gasteiger partial charge in [-0.25, -0.2) is 4.98 Å². The van der Waals surface area contributed by atoms with E-state index < -0.39 is 0 Å². The molecule has 12 rings (SSSR count). The fourth-order valence-corrected chi connectivity index (χ4v) is 12.4. The largest absolute Gasteiger partial charge is 0.509 e. The molecule has 5 nitrogen and oxygen atoms in total. The van der Waals surface area contributed by atoms with Gasteiger partial charge in [-0.3, -0.25) is 0 Å². The van der Waals surface area contributed by atoms with Gasteiger partial charge in [0.2, 0.25) is 0 Å². The Hall–Kier alpha value is -7.20. The number of fused-ring (bicyclic) bond motifs is 1. The average Bonchev–Trinajstić information content (AvgIpc) is 1.72. The molecule has 8 aromatic carbocycles. The van der Waals surface area contributed by atoms with Crippen LogP contribution in [0.15, 0.2) is 164 Å². The zero-order valence-corrected chi connectivity index (χ0v) is 53.7. The van der Waals surface area contributed by atoms with Crippen LogP contribution in [0.2, 0.25) is 0 Å². The summed E-state index contributed by atoms with van der Waals surface area (Å²) in [6.45, 7) is 39.2. The Kier molecular flexibility index (Phi) is 14.5. The number of pyridine rings is 1. The second kappa shape index (κ2) is 20.8. The molecule has 0 radical (unpaired) electrons. The number of hydrogen-bond donors (Lipinski definition) is 0. The molecule has 0 N–H and O–H groups in total. The van der Waals surface area contributed by atoms with Crippen molar-refractivity contribution >= 4 is 44.6 Å². The maximum absolute atomic E-state index is 7.06. The Labute approximate surface area is 509 Å². The molecule has 0 fully saturated rings. The monoisotopic (exact) mass is 1270 g/mol. The van der Waals surface area contributed by atoms with Crippen LogP contribution in [0, 0.1) is 24.7 Å². The summed E-state index contributed by atoms with van der Waals surface area (Å²) in [7, 11) is 0. The van der Waals surface area contributed by atoms with Gasteiger partial charge in [0.25, 0.3) is 0 Å². The Balaban J connectivity index is 0.00000721. The van der Waals surface area contributed by atoms with Gasteiger partial charge in [-0.15, -0.1) is 48.3 Å². The summed E-state index contributed by atoms with van der Waals surface area (Å²) < 4.78 is 9.37. The first-order chi connectivity index (χ1) is 38.7. The molecule has 426 valence electrons. The van der Waals surface area contributed by atoms with Gasteiger partial charge in [-0.2, -0.15) is 6.07 Å². The van der Waals surface area contributed by atoms with Crippen LogP contribution in [0.3, 0.4) is 0 Å². The molecule has 83 heavy (non-hydrogen) atoms. The normalized spacial score (nSPS) is 14.1. The Bertz CT molecular complexity index is 4080. The van der Waals surface area contributed by atoms with Gasteiger partial charge in [0.15, 0.2) is 0 Å². The Morgan fingerprint density at radius 1 is 0.518 bits per heavy atom. The van der Waals surface area contributed by atoms with Crippen molar-refractivity contribution in [3.63, 3.8) is 0 Å². The maximum atomic E-state index is 7.06. The standard InChI is InChI=1S/C77H79N4O.Pt/c1-48(2)36-51-39-69(78-46-62(51)50-32-34-53(35-33-50)73(3,4)5)81-67-31-23-28-63-70(67)71-64(77(63,15)16)44-59(45-68(71)81)82-58-27-22-26-57(43-58)79-47-80(66-30-21-20-29-65(66)79)72-60(49-24-18-17-19-25-49)41-56(76(12,13)14)42-61(72)52-37-54(74(6,7)8)40-55(38-52)75(9,10)11;/h17-35,37-42,44,46-48H,36H2,1-16H3;/q-3;. The van der Waals surface area contributed by atoms with E-state index in [0.717, 1.165) is 46.0 Å². The molecule has 10 aromatic rings. The third-order valence-electron chi connectivity index (χ3n) is 17.2. The van der Waals surface area contributed by atoms with Crippen LogP contribution in [0.5, 0.6) is 11.5 Å². The Morgan fingerprint density at radius 2 is 1.10 bits per heavy atom. The number of anilines is 4. The second-order valence-electron chi connectivity index (χ2n) is 28.2. The van der Waals surface area contributed by atoms with Crippen molar-refractivity contribution in [1.82, 2.24) is 9.55 Å². The summed E-state index contributed by atoms with van der Waals surface area (Å²) in [6, 6.07) is 66.0. The van der Waals surface area contributed by atoms with Crippen LogP contribution in [0.1, 0.15) is 150 Å². The molecule has 1 aliphatic heterocycles. The quantitative estimate of drug-likeness (QED) is 0.128. The van der Waals surface area contributed by atoms with Crippen molar-refractivity contribution in [2.75, 3.05) is 9.80 Å². The molecule has 0 saturated carbocycles. The number of ether oxygens (including phenoxy) is 1. The van der Waals surface area contributed by atoms with Crippen molar-refractivity contribution in [1.29, 1.82) is 0 Å². The molecule has 2 aliphatic rings. The molecule has 0 unspecified atom stereocenters. The van der Waals surface area contributed by atoms with Gasteiger partial charge >= 0.3 is 0 Å². The summed E-state index contributed by atoms with van der Waals surface area (Å²) in [6.07, 6.45) is 3.01. The fraction of sp³-hybridized carbons (Fsp3) is 0.299. The molecule has 0 spiro atoms. The predicted molar refractivity (Wildman–Crippen MR) is 346 cm³/mol. The zero-order valence-electron chi connectivity index (χ0n) is 51.5. The first kappa shape index (κ1) is 57.6. The summed E-state index contributed by atoms with van der Waals surface area (Å²) in [5.41, 5.74) is 22.0. The van der Waals surface area contributed by atoms with Gasteiger partial charge in [0, 0.05) is 78.0 Å². The van der Waals surface area contributed by atoms with Gasteiger partial charge in [-0.05, 0) is 131 Å². The van der Waals surface area contributed by atoms with E-state index in [1.807, 2.05) is 6.07 Å². The van der Waals surface area contributed by atoms with E-state index in [0.29, 0.717) is 17.4 Å². The van der Waals surface area contributed by atoms with Crippen molar-refractivity contribution in [3.8, 4) is 50.7 Å². The third kappa shape index (κ3) is 10.4. The molecule has 0 bridgehead atoms. The minimum absolute atomic E-state index is 0. The van der Waals surface area contributed by atoms with Crippen molar-refractivity contribution in [3.05, 3.63) is 222 Å². The average molecular weight is 1270 g/mol. The molecule has 6 heteroatoms. The molecule has 1 aliphatic carbocycles. The van der Waals surface area contributed by atoms with E-state index in [1.54, 1.807) is 0 Å². The maximum Gasteiger partial charge on any atom is 0.135 e. The van der Waals surface area contributed by atoms with E-state index in [4.69, 9.17) is 9.72 Å². The third-order valence-corrected chi connectivity index (χ3v) is 17.2. The van der Waals surface area contributed by atoms with Crippen LogP contribution in [0.25, 0.3) is 61.0 Å². The van der Waals surface area contributed by atoms with Gasteiger partial charge < -0.3 is 19.1 Å². The number of nitrogens with zero attached hydrogens (tertiary/aromatic N) is 4. The summed E-state index contributed by atoms with van der Waals surface area (Å²) in [5, 5.41) is 2.47. The number of aromatic nitrogens is 2. The fourth-order valence-electron chi connectivity index (χ4n) is 12.4. The predicted octanol–water partition coefficient (Wildman–Crippen LogP) is 21.0. The van der Waals surface area contributed by atoms with Crippen LogP contribution in [-0.4, -0.2) is 9.55 Å². The van der Waals surface area contributed by atoms with Crippen molar-refractivity contribution < 1.29 is 25.8 Å². The van der Waals surface area contributed by atoms with Crippen LogP contribution in [0.4, 0.5) is 22.7 Å². The summed E-state index contributed by atoms with van der Waals surface area (Å²) in [4.78, 5) is 9.99. The molecule has 3 heterocycles. The molecule has 0 saturated heterocycles. The van der Waals surface area contributed by atoms with E-state index >= 15 is 0 Å². The first-order valence-corrected chi connectivity index (χ1v) is 29.5. The second-order valence-corrected chi connectivity index (χ2v) is 28.2. The molecule has 0 atom stereocenters. The molecule has 0 amide bonds. The van der Waals surface area contributed by atoms with E-state index in [2.05, 4.69) is 302 Å². The van der Waals surface area contributed by atoms with Crippen molar-refractivity contribution in [2.45, 2.75) is 144 Å². The van der Waals surface area contributed by atoms with E-state index in [1.165, 1.54) is 83.1 Å². The van der Waals surface area contributed by atoms with Gasteiger partial charge in [0.1, 0.15) is 5.82 Å². The Morgan fingerprint density at radius 3 is 1.72 bits per heavy atom. The van der Waals surface area contributed by atoms with Gasteiger partial charge in [0.05, 0.1) is 0 Å². The molecule has 2 aromatic heterocycles. The zero-order chi connectivity index (χ0) is 58.0. The minimum Gasteiger partial charge on any atom is -0.509 e. The van der Waals surface area contributed by atoms with Gasteiger partial charge in [-0.1, -0.05) is 219 Å². The number of rotatable bonds is 10. The smallest absolute Gasteiger partial charge is 0.135 e. The first-order valence-electron chi connectivity index (χ1n) is 29.5. The number of para-hydroxylation sites is 2.